The summed E-state index contributed by atoms with van der Waals surface area (Å²) in [6.07, 6.45) is 1.10. The molecule has 0 bridgehead atoms. The van der Waals surface area contributed by atoms with Gasteiger partial charge in [-0.3, -0.25) is 0 Å². The van der Waals surface area contributed by atoms with Crippen molar-refractivity contribution in [3.63, 3.8) is 0 Å². The lowest BCUT2D eigenvalue weighted by atomic mass is 10.1. The van der Waals surface area contributed by atoms with E-state index in [2.05, 4.69) is 42.3 Å². The summed E-state index contributed by atoms with van der Waals surface area (Å²) in [5, 5.41) is 3.50. The molecule has 0 aliphatic carbocycles. The van der Waals surface area contributed by atoms with Gasteiger partial charge in [0.2, 0.25) is 0 Å². The highest BCUT2D eigenvalue weighted by Crippen LogP contribution is 2.23. The number of benzene rings is 1. The van der Waals surface area contributed by atoms with Crippen LogP contribution < -0.4 is 10.1 Å². The van der Waals surface area contributed by atoms with Crippen molar-refractivity contribution in [1.82, 2.24) is 10.3 Å². The Morgan fingerprint density at radius 3 is 3.00 bits per heavy atom. The number of ether oxygens (including phenoxy) is 2. The fourth-order valence-electron chi connectivity index (χ4n) is 2.67. The molecule has 0 spiro atoms. The van der Waals surface area contributed by atoms with Gasteiger partial charge in [-0.25, -0.2) is 4.98 Å². The molecule has 124 valence electrons. The van der Waals surface area contributed by atoms with Crippen LogP contribution in [0.5, 0.6) is 5.75 Å². The number of nitrogens with zero attached hydrogens (tertiary/aromatic N) is 1. The van der Waals surface area contributed by atoms with Crippen LogP contribution >= 0.6 is 11.3 Å². The van der Waals surface area contributed by atoms with E-state index in [0.717, 1.165) is 50.8 Å². The summed E-state index contributed by atoms with van der Waals surface area (Å²) in [5.74, 6) is 1.52. The van der Waals surface area contributed by atoms with Gasteiger partial charge in [0.1, 0.15) is 5.75 Å². The first-order valence-corrected chi connectivity index (χ1v) is 9.00. The van der Waals surface area contributed by atoms with Crippen LogP contribution in [-0.4, -0.2) is 24.8 Å². The van der Waals surface area contributed by atoms with Gasteiger partial charge in [-0.15, -0.1) is 11.3 Å². The molecule has 2 heterocycles. The van der Waals surface area contributed by atoms with Crippen molar-refractivity contribution < 1.29 is 9.47 Å². The van der Waals surface area contributed by atoms with E-state index in [1.54, 1.807) is 11.3 Å². The van der Waals surface area contributed by atoms with Crippen LogP contribution in [0.15, 0.2) is 23.7 Å². The number of rotatable bonds is 7. The quantitative estimate of drug-likeness (QED) is 0.843. The van der Waals surface area contributed by atoms with Gasteiger partial charge in [-0.05, 0) is 31.9 Å². The first-order chi connectivity index (χ1) is 11.2. The van der Waals surface area contributed by atoms with Gasteiger partial charge in [0.25, 0.3) is 0 Å². The molecule has 1 saturated heterocycles. The summed E-state index contributed by atoms with van der Waals surface area (Å²) in [7, 11) is 0. The molecule has 0 saturated carbocycles. The minimum Gasteiger partial charge on any atom is -0.493 e. The minimum absolute atomic E-state index is 0.524. The molecule has 1 unspecified atom stereocenters. The second-order valence-corrected chi connectivity index (χ2v) is 7.06. The Morgan fingerprint density at radius 2 is 2.26 bits per heavy atom. The van der Waals surface area contributed by atoms with Crippen LogP contribution in [0.4, 0.5) is 0 Å². The van der Waals surface area contributed by atoms with Crippen molar-refractivity contribution in [3.05, 3.63) is 45.4 Å². The maximum Gasteiger partial charge on any atom is 0.124 e. The lowest BCUT2D eigenvalue weighted by molar-refractivity contribution is 0.166. The number of hydrogen-bond donors (Lipinski definition) is 1. The Kier molecular flexibility index (Phi) is 5.65. The monoisotopic (exact) mass is 332 g/mol. The largest absolute Gasteiger partial charge is 0.493 e. The van der Waals surface area contributed by atoms with Gasteiger partial charge in [0.15, 0.2) is 0 Å². The second-order valence-electron chi connectivity index (χ2n) is 6.12. The molecule has 2 aromatic rings. The van der Waals surface area contributed by atoms with Crippen LogP contribution in [0.25, 0.3) is 0 Å². The third kappa shape index (κ3) is 4.53. The van der Waals surface area contributed by atoms with Gasteiger partial charge >= 0.3 is 0 Å². The molecule has 1 aromatic carbocycles. The summed E-state index contributed by atoms with van der Waals surface area (Å²) in [4.78, 5) is 5.58. The third-order valence-corrected chi connectivity index (χ3v) is 5.10. The Balaban J connectivity index is 1.57. The van der Waals surface area contributed by atoms with Crippen molar-refractivity contribution in [1.29, 1.82) is 0 Å². The van der Waals surface area contributed by atoms with E-state index < -0.39 is 0 Å². The van der Waals surface area contributed by atoms with Crippen molar-refractivity contribution in [2.45, 2.75) is 33.4 Å². The molecule has 1 aliphatic heterocycles. The van der Waals surface area contributed by atoms with E-state index in [4.69, 9.17) is 9.47 Å². The molecular formula is C18H24N2O2S. The van der Waals surface area contributed by atoms with Crippen LogP contribution in [0.3, 0.4) is 0 Å². The van der Waals surface area contributed by atoms with E-state index >= 15 is 0 Å². The van der Waals surface area contributed by atoms with Gasteiger partial charge in [0, 0.05) is 36.1 Å². The van der Waals surface area contributed by atoms with Crippen molar-refractivity contribution in [2.24, 2.45) is 5.92 Å². The number of aromatic nitrogens is 1. The standard InChI is InChI=1S/C18H24N2O2S/c1-13-3-4-16(8-19-9-18-14(2)20-12-23-18)17(7-13)22-11-15-5-6-21-10-15/h3-4,7,12,15,19H,5-6,8-11H2,1-2H3. The molecule has 23 heavy (non-hydrogen) atoms. The topological polar surface area (TPSA) is 43.4 Å². The Morgan fingerprint density at radius 1 is 1.35 bits per heavy atom. The predicted octanol–water partition coefficient (Wildman–Crippen LogP) is 3.47. The summed E-state index contributed by atoms with van der Waals surface area (Å²) < 4.78 is 11.5. The molecule has 1 aliphatic rings. The van der Waals surface area contributed by atoms with E-state index in [0.29, 0.717) is 5.92 Å². The molecule has 1 aromatic heterocycles. The highest BCUT2D eigenvalue weighted by atomic mass is 32.1. The van der Waals surface area contributed by atoms with E-state index in [1.165, 1.54) is 16.0 Å². The first-order valence-electron chi connectivity index (χ1n) is 8.12. The molecule has 1 N–H and O–H groups in total. The molecule has 4 nitrogen and oxygen atoms in total. The zero-order chi connectivity index (χ0) is 16.1. The van der Waals surface area contributed by atoms with Gasteiger partial charge in [-0.2, -0.15) is 0 Å². The molecular weight excluding hydrogens is 308 g/mol. The minimum atomic E-state index is 0.524. The smallest absolute Gasteiger partial charge is 0.124 e. The summed E-state index contributed by atoms with van der Waals surface area (Å²) >= 11 is 1.70. The van der Waals surface area contributed by atoms with Crippen LogP contribution in [-0.2, 0) is 17.8 Å². The number of hydrogen-bond acceptors (Lipinski definition) is 5. The molecule has 5 heteroatoms. The van der Waals surface area contributed by atoms with Crippen LogP contribution in [0.2, 0.25) is 0 Å². The highest BCUT2D eigenvalue weighted by Gasteiger charge is 2.17. The molecule has 1 fully saturated rings. The number of aryl methyl sites for hydroxylation is 2. The summed E-state index contributed by atoms with van der Waals surface area (Å²) in [5.41, 5.74) is 5.45. The predicted molar refractivity (Wildman–Crippen MR) is 93.0 cm³/mol. The fourth-order valence-corrected chi connectivity index (χ4v) is 3.42. The number of nitrogens with one attached hydrogen (secondary N) is 1. The Labute approximate surface area is 141 Å². The first kappa shape index (κ1) is 16.4. The summed E-state index contributed by atoms with van der Waals surface area (Å²) in [6.45, 7) is 8.23. The zero-order valence-electron chi connectivity index (χ0n) is 13.8. The lowest BCUT2D eigenvalue weighted by Gasteiger charge is -2.15. The number of thiazole rings is 1. The van der Waals surface area contributed by atoms with Crippen molar-refractivity contribution in [2.75, 3.05) is 19.8 Å². The SMILES string of the molecule is Cc1ccc(CNCc2scnc2C)c(OCC2CCOC2)c1. The Hall–Kier alpha value is -1.43. The third-order valence-electron chi connectivity index (χ3n) is 4.17. The summed E-state index contributed by atoms with van der Waals surface area (Å²) in [6, 6.07) is 6.42. The van der Waals surface area contributed by atoms with Crippen LogP contribution in [0.1, 0.15) is 28.1 Å². The van der Waals surface area contributed by atoms with Crippen molar-refractivity contribution >= 4 is 11.3 Å². The highest BCUT2D eigenvalue weighted by molar-refractivity contribution is 7.09. The van der Waals surface area contributed by atoms with Gasteiger partial charge in [-0.1, -0.05) is 12.1 Å². The van der Waals surface area contributed by atoms with Gasteiger partial charge < -0.3 is 14.8 Å². The van der Waals surface area contributed by atoms with E-state index in [1.807, 2.05) is 5.51 Å². The van der Waals surface area contributed by atoms with Crippen molar-refractivity contribution in [3.8, 4) is 5.75 Å². The lowest BCUT2D eigenvalue weighted by Crippen LogP contribution is -2.16. The van der Waals surface area contributed by atoms with E-state index in [9.17, 15) is 0 Å². The Bertz CT molecular complexity index is 636. The normalized spacial score (nSPS) is 17.6. The molecule has 3 rings (SSSR count). The van der Waals surface area contributed by atoms with E-state index in [-0.39, 0.29) is 0 Å². The van der Waals surface area contributed by atoms with Gasteiger partial charge in [0.05, 0.1) is 24.4 Å². The average Bonchev–Trinajstić information content (AvgIpc) is 3.19. The zero-order valence-corrected chi connectivity index (χ0v) is 14.6. The van der Waals surface area contributed by atoms with Crippen LogP contribution in [0, 0.1) is 19.8 Å². The molecule has 0 amide bonds. The second kappa shape index (κ2) is 7.90. The molecule has 1 atom stereocenters. The maximum atomic E-state index is 6.08. The fraction of sp³-hybridized carbons (Fsp3) is 0.500. The molecule has 0 radical (unpaired) electrons. The maximum absolute atomic E-state index is 6.08. The average molecular weight is 332 g/mol.